The third kappa shape index (κ3) is 5.87. The van der Waals surface area contributed by atoms with E-state index in [1.165, 1.54) is 31.2 Å². The van der Waals surface area contributed by atoms with Gasteiger partial charge in [0.2, 0.25) is 0 Å². The van der Waals surface area contributed by atoms with Gasteiger partial charge in [0, 0.05) is 22.6 Å². The van der Waals surface area contributed by atoms with Gasteiger partial charge < -0.3 is 5.11 Å². The number of fused-ring (bicyclic) bond motifs is 4. The standard InChI is InChI=1S/C39H38F5NO5S2/c1-23-3-15-30(16-4-23)52(49,50)45-51(48)29-13-9-25(10-14-29)24-5-7-26(8-6-24)33-22-36(2)34(19-20-37(36,47)38(40,41)39(42,43)44)32-17-11-27-21-28(46)12-18-31(27)35(32)33/h3-10,13-16,21,32-34,47,51H,11-12,17-20,22H2,1-2H3/t32?,33-,34?,36+,37+/m1/s1. The van der Waals surface area contributed by atoms with Crippen molar-refractivity contribution in [2.45, 2.75) is 92.2 Å². The zero-order valence-electron chi connectivity index (χ0n) is 28.5. The van der Waals surface area contributed by atoms with Crippen molar-refractivity contribution >= 4 is 26.4 Å². The Kier molecular flexibility index (Phi) is 8.97. The van der Waals surface area contributed by atoms with Gasteiger partial charge in [0.25, 0.3) is 10.0 Å². The van der Waals surface area contributed by atoms with Crippen LogP contribution in [0.4, 0.5) is 22.0 Å². The summed E-state index contributed by atoms with van der Waals surface area (Å²) in [7, 11) is -6.78. The Morgan fingerprint density at radius 2 is 1.48 bits per heavy atom. The average molecular weight is 760 g/mol. The van der Waals surface area contributed by atoms with Gasteiger partial charge in [0.15, 0.2) is 5.78 Å². The second kappa shape index (κ2) is 12.7. The largest absolute Gasteiger partial charge is 0.456 e. The number of alkyl halides is 5. The van der Waals surface area contributed by atoms with Crippen LogP contribution < -0.4 is 0 Å². The number of halogens is 5. The number of rotatable bonds is 6. The van der Waals surface area contributed by atoms with Crippen molar-refractivity contribution in [3.8, 4) is 11.1 Å². The highest BCUT2D eigenvalue weighted by atomic mass is 32.3. The number of hydrogen-bond donors (Lipinski definition) is 2. The van der Waals surface area contributed by atoms with Crippen LogP contribution in [0.1, 0.15) is 68.9 Å². The van der Waals surface area contributed by atoms with Crippen LogP contribution in [0.15, 0.2) is 109 Å². The Bertz CT molecular complexity index is 2190. The summed E-state index contributed by atoms with van der Waals surface area (Å²) in [5, 5.41) is 11.5. The first kappa shape index (κ1) is 36.7. The molecule has 0 amide bonds. The predicted molar refractivity (Wildman–Crippen MR) is 187 cm³/mol. The molecule has 6 nitrogen and oxygen atoms in total. The van der Waals surface area contributed by atoms with Crippen molar-refractivity contribution < 1.29 is 44.5 Å². The van der Waals surface area contributed by atoms with Crippen LogP contribution in [0.5, 0.6) is 0 Å². The van der Waals surface area contributed by atoms with Gasteiger partial charge in [-0.05, 0) is 115 Å². The summed E-state index contributed by atoms with van der Waals surface area (Å²) in [6, 6.07) is 19.7. The second-order valence-electron chi connectivity index (χ2n) is 14.8. The summed E-state index contributed by atoms with van der Waals surface area (Å²) in [5.41, 5.74) is 0.852. The number of benzene rings is 3. The number of carbonyl (C=O) groups is 1. The van der Waals surface area contributed by atoms with Crippen LogP contribution >= 0.6 is 0 Å². The van der Waals surface area contributed by atoms with E-state index in [-0.39, 0.29) is 34.3 Å². The van der Waals surface area contributed by atoms with Gasteiger partial charge in [-0.1, -0.05) is 66.6 Å². The number of aryl methyl sites for hydroxylation is 1. The molecular formula is C39H38F5NO5S2. The van der Waals surface area contributed by atoms with E-state index in [4.69, 9.17) is 0 Å². The van der Waals surface area contributed by atoms with E-state index >= 15 is 8.78 Å². The minimum absolute atomic E-state index is 0.0107. The molecule has 4 aliphatic carbocycles. The number of carbonyl (C=O) groups excluding carboxylic acids is 1. The first-order valence-corrected chi connectivity index (χ1v) is 19.9. The number of aliphatic hydroxyl groups is 1. The van der Waals surface area contributed by atoms with Crippen molar-refractivity contribution in [1.82, 2.24) is 0 Å². The average Bonchev–Trinajstić information content (AvgIpc) is 3.38. The maximum absolute atomic E-state index is 15.3. The van der Waals surface area contributed by atoms with Crippen molar-refractivity contribution in [2.75, 3.05) is 0 Å². The number of thiol groups is 1. The molecule has 2 saturated carbocycles. The molecule has 13 heteroatoms. The normalized spacial score (nSPS) is 28.6. The van der Waals surface area contributed by atoms with Crippen molar-refractivity contribution in [3.63, 3.8) is 0 Å². The molecule has 3 aromatic rings. The van der Waals surface area contributed by atoms with Gasteiger partial charge in [-0.2, -0.15) is 30.4 Å². The minimum Gasteiger partial charge on any atom is -0.383 e. The van der Waals surface area contributed by atoms with Crippen LogP contribution in [0.2, 0.25) is 0 Å². The first-order chi connectivity index (χ1) is 24.4. The lowest BCUT2D eigenvalue weighted by Crippen LogP contribution is -2.65. The molecule has 0 aliphatic heterocycles. The van der Waals surface area contributed by atoms with E-state index < -0.39 is 62.0 Å². The van der Waals surface area contributed by atoms with Crippen LogP contribution in [-0.4, -0.2) is 41.2 Å². The fourth-order valence-electron chi connectivity index (χ4n) is 9.31. The highest BCUT2D eigenvalue weighted by Gasteiger charge is 2.79. The summed E-state index contributed by atoms with van der Waals surface area (Å²) in [4.78, 5) is 12.5. The number of ketones is 1. The SMILES string of the molecule is Cc1ccc(S(=O)(=O)N=[SH](=O)c2ccc(-c3ccc([C@H]4C[C@@]5(C)C(CC[C@@]5(O)C(F)(F)C(F)(F)F)C5CCC6=CC(=O)CCC6=C54)cc3)cc2)cc1. The molecule has 1 N–H and O–H groups in total. The number of nitrogens with zero attached hydrogens (tertiary/aromatic N) is 1. The number of sulfonamides is 1. The molecule has 276 valence electrons. The third-order valence-corrected chi connectivity index (χ3v) is 15.1. The molecule has 3 unspecified atom stereocenters. The molecule has 6 atom stereocenters. The molecular weight excluding hydrogens is 722 g/mol. The molecule has 0 heterocycles. The van der Waals surface area contributed by atoms with E-state index in [1.807, 2.05) is 19.1 Å². The molecule has 0 radical (unpaired) electrons. The predicted octanol–water partition coefficient (Wildman–Crippen LogP) is 8.90. The van der Waals surface area contributed by atoms with E-state index in [2.05, 4.69) is 3.77 Å². The zero-order valence-corrected chi connectivity index (χ0v) is 30.2. The summed E-state index contributed by atoms with van der Waals surface area (Å²) >= 11 is 0. The summed E-state index contributed by atoms with van der Waals surface area (Å²) in [6.45, 7) is 3.21. The van der Waals surface area contributed by atoms with E-state index in [9.17, 15) is 35.7 Å². The smallest absolute Gasteiger partial charge is 0.383 e. The highest BCUT2D eigenvalue weighted by Crippen LogP contribution is 2.70. The number of hydrogen-bond acceptors (Lipinski definition) is 5. The number of allylic oxidation sites excluding steroid dienone is 4. The van der Waals surface area contributed by atoms with Crippen LogP contribution in [-0.2, 0) is 25.4 Å². The molecule has 4 aliphatic rings. The molecule has 7 rings (SSSR count). The van der Waals surface area contributed by atoms with Gasteiger partial charge in [0.05, 0.1) is 15.5 Å². The topological polar surface area (TPSA) is 101 Å². The Morgan fingerprint density at radius 1 is 0.865 bits per heavy atom. The lowest BCUT2D eigenvalue weighted by molar-refractivity contribution is -0.362. The van der Waals surface area contributed by atoms with Crippen molar-refractivity contribution in [1.29, 1.82) is 0 Å². The minimum atomic E-state index is -5.92. The van der Waals surface area contributed by atoms with E-state index in [0.29, 0.717) is 36.8 Å². The fraction of sp³-hybridized carbons (Fsp3) is 0.410. The van der Waals surface area contributed by atoms with Crippen molar-refractivity contribution in [2.24, 2.45) is 21.0 Å². The van der Waals surface area contributed by atoms with Crippen molar-refractivity contribution in [3.05, 3.63) is 107 Å². The molecule has 0 saturated heterocycles. The maximum atomic E-state index is 15.3. The lowest BCUT2D eigenvalue weighted by atomic mass is 9.50. The Hall–Kier alpha value is -3.68. The summed E-state index contributed by atoms with van der Waals surface area (Å²) in [5.74, 6) is -6.78. The Morgan fingerprint density at radius 3 is 2.10 bits per heavy atom. The summed E-state index contributed by atoms with van der Waals surface area (Å²) in [6.07, 6.45) is -3.24. The van der Waals surface area contributed by atoms with Gasteiger partial charge in [-0.15, -0.1) is 3.77 Å². The Balaban J connectivity index is 1.22. The maximum Gasteiger partial charge on any atom is 0.456 e. The molecule has 2 fully saturated rings. The van der Waals surface area contributed by atoms with Crippen LogP contribution in [0.25, 0.3) is 11.1 Å². The second-order valence-corrected chi connectivity index (χ2v) is 17.9. The van der Waals surface area contributed by atoms with Gasteiger partial charge in [-0.25, -0.2) is 4.21 Å². The van der Waals surface area contributed by atoms with Gasteiger partial charge in [-0.3, -0.25) is 4.79 Å². The van der Waals surface area contributed by atoms with Gasteiger partial charge >= 0.3 is 12.1 Å². The van der Waals surface area contributed by atoms with Crippen LogP contribution in [0, 0.1) is 24.2 Å². The molecule has 0 bridgehead atoms. The Labute approximate surface area is 301 Å². The zero-order chi connectivity index (χ0) is 37.4. The highest BCUT2D eigenvalue weighted by molar-refractivity contribution is 7.96. The molecule has 0 aromatic heterocycles. The fourth-order valence-corrected chi connectivity index (χ4v) is 11.7. The van der Waals surface area contributed by atoms with E-state index in [1.54, 1.807) is 42.5 Å². The monoisotopic (exact) mass is 759 g/mol. The van der Waals surface area contributed by atoms with Gasteiger partial charge in [0.1, 0.15) is 5.60 Å². The quantitative estimate of drug-likeness (QED) is 0.193. The molecule has 0 spiro atoms. The molecule has 3 aromatic carbocycles. The lowest BCUT2D eigenvalue weighted by Gasteiger charge is -2.56. The van der Waals surface area contributed by atoms with Crippen LogP contribution in [0.3, 0.4) is 0 Å². The van der Waals surface area contributed by atoms with E-state index in [0.717, 1.165) is 27.8 Å². The molecule has 52 heavy (non-hydrogen) atoms. The first-order valence-electron chi connectivity index (χ1n) is 17.2. The summed E-state index contributed by atoms with van der Waals surface area (Å²) < 4.78 is 114. The third-order valence-electron chi connectivity index (χ3n) is 12.0.